The highest BCUT2D eigenvalue weighted by atomic mass is 79.9. The van der Waals surface area contributed by atoms with E-state index in [1.165, 1.54) is 18.5 Å². The van der Waals surface area contributed by atoms with Crippen molar-refractivity contribution in [3.8, 4) is 0 Å². The summed E-state index contributed by atoms with van der Waals surface area (Å²) in [4.78, 5) is 14.1. The Morgan fingerprint density at radius 1 is 1.53 bits per heavy atom. The van der Waals surface area contributed by atoms with E-state index < -0.39 is 24.7 Å². The lowest BCUT2D eigenvalue weighted by molar-refractivity contribution is -0.138. The molecule has 1 unspecified atom stereocenters. The molecule has 1 aromatic heterocycles. The summed E-state index contributed by atoms with van der Waals surface area (Å²) < 4.78 is 25.7. The topological polar surface area (TPSA) is 50.2 Å². The summed E-state index contributed by atoms with van der Waals surface area (Å²) in [6.07, 6.45) is -0.607. The number of hydrogen-bond acceptors (Lipinski definition) is 2. The van der Waals surface area contributed by atoms with Gasteiger partial charge in [0.15, 0.2) is 0 Å². The van der Waals surface area contributed by atoms with E-state index in [0.717, 1.165) is 0 Å². The summed E-state index contributed by atoms with van der Waals surface area (Å²) in [5, 5.41) is 8.50. The fraction of sp³-hybridized carbons (Fsp3) is 0.333. The van der Waals surface area contributed by atoms with Crippen LogP contribution in [0.1, 0.15) is 17.9 Å². The zero-order valence-corrected chi connectivity index (χ0v) is 9.12. The maximum Gasteiger partial charge on any atom is 0.304 e. The molecule has 0 aliphatic heterocycles. The molecule has 15 heavy (non-hydrogen) atoms. The molecule has 0 amide bonds. The predicted octanol–water partition coefficient (Wildman–Crippen LogP) is 2.67. The third-order valence-electron chi connectivity index (χ3n) is 1.85. The van der Waals surface area contributed by atoms with Crippen LogP contribution in [0.15, 0.2) is 22.9 Å². The Morgan fingerprint density at radius 2 is 2.20 bits per heavy atom. The van der Waals surface area contributed by atoms with E-state index in [9.17, 15) is 13.6 Å². The van der Waals surface area contributed by atoms with Crippen molar-refractivity contribution >= 4 is 21.9 Å². The number of pyridine rings is 1. The number of aromatic nitrogens is 1. The van der Waals surface area contributed by atoms with E-state index in [1.54, 1.807) is 0 Å². The van der Waals surface area contributed by atoms with Crippen molar-refractivity contribution < 1.29 is 18.7 Å². The molecule has 6 heteroatoms. The molecule has 1 rings (SSSR count). The molecule has 0 bridgehead atoms. The molecule has 1 aromatic rings. The van der Waals surface area contributed by atoms with Crippen LogP contribution >= 0.6 is 15.9 Å². The number of carboxylic acid groups (broad SMARTS) is 1. The first-order chi connectivity index (χ1) is 7.00. The number of hydrogen-bond donors (Lipinski definition) is 1. The molecule has 1 N–H and O–H groups in total. The summed E-state index contributed by atoms with van der Waals surface area (Å²) in [5.41, 5.74) is 0.224. The zero-order chi connectivity index (χ0) is 11.4. The van der Waals surface area contributed by atoms with Crippen LogP contribution in [0.4, 0.5) is 8.78 Å². The van der Waals surface area contributed by atoms with Gasteiger partial charge in [-0.2, -0.15) is 0 Å². The Balaban J connectivity index is 2.93. The molecule has 3 nitrogen and oxygen atoms in total. The average molecular weight is 280 g/mol. The second kappa shape index (κ2) is 5.16. The number of aliphatic carboxylic acids is 1. The quantitative estimate of drug-likeness (QED) is 0.922. The Labute approximate surface area is 93.3 Å². The maximum absolute atomic E-state index is 12.6. The third kappa shape index (κ3) is 3.54. The van der Waals surface area contributed by atoms with E-state index in [-0.39, 0.29) is 5.56 Å². The largest absolute Gasteiger partial charge is 0.481 e. The minimum atomic E-state index is -2.71. The van der Waals surface area contributed by atoms with Gasteiger partial charge >= 0.3 is 5.97 Å². The van der Waals surface area contributed by atoms with Crippen LogP contribution in [0.25, 0.3) is 0 Å². The Morgan fingerprint density at radius 3 is 2.67 bits per heavy atom. The van der Waals surface area contributed by atoms with E-state index >= 15 is 0 Å². The first-order valence-electron chi connectivity index (χ1n) is 4.11. The van der Waals surface area contributed by atoms with Gasteiger partial charge in [0.2, 0.25) is 6.43 Å². The van der Waals surface area contributed by atoms with Gasteiger partial charge in [0, 0.05) is 16.9 Å². The lowest BCUT2D eigenvalue weighted by Crippen LogP contribution is -2.14. The van der Waals surface area contributed by atoms with Crippen molar-refractivity contribution in [2.75, 3.05) is 0 Å². The van der Waals surface area contributed by atoms with Crippen LogP contribution in [-0.2, 0) is 4.79 Å². The van der Waals surface area contributed by atoms with E-state index in [1.807, 2.05) is 0 Å². The molecule has 82 valence electrons. The monoisotopic (exact) mass is 279 g/mol. The van der Waals surface area contributed by atoms with Crippen LogP contribution < -0.4 is 0 Å². The van der Waals surface area contributed by atoms with Crippen LogP contribution in [0.5, 0.6) is 0 Å². The second-order valence-corrected chi connectivity index (χ2v) is 3.89. The number of carbonyl (C=O) groups is 1. The Kier molecular flexibility index (Phi) is 4.14. The van der Waals surface area contributed by atoms with Gasteiger partial charge in [-0.15, -0.1) is 0 Å². The molecule has 0 spiro atoms. The van der Waals surface area contributed by atoms with Crippen molar-refractivity contribution in [3.05, 3.63) is 28.5 Å². The zero-order valence-electron chi connectivity index (χ0n) is 7.53. The average Bonchev–Trinajstić information content (AvgIpc) is 2.13. The number of nitrogens with zero attached hydrogens (tertiary/aromatic N) is 1. The lowest BCUT2D eigenvalue weighted by Gasteiger charge is -2.13. The molecule has 0 radical (unpaired) electrons. The molecule has 0 fully saturated rings. The van der Waals surface area contributed by atoms with E-state index in [2.05, 4.69) is 20.9 Å². The van der Waals surface area contributed by atoms with Gasteiger partial charge in [-0.3, -0.25) is 9.78 Å². The molecule has 0 aliphatic carbocycles. The van der Waals surface area contributed by atoms with Gasteiger partial charge in [-0.25, -0.2) is 8.78 Å². The smallest absolute Gasteiger partial charge is 0.304 e. The van der Waals surface area contributed by atoms with Gasteiger partial charge < -0.3 is 5.11 Å². The normalized spacial score (nSPS) is 12.8. The maximum atomic E-state index is 12.6. The van der Waals surface area contributed by atoms with Gasteiger partial charge in [0.1, 0.15) is 0 Å². The highest BCUT2D eigenvalue weighted by Crippen LogP contribution is 2.27. The van der Waals surface area contributed by atoms with Crippen LogP contribution in [0, 0.1) is 0 Å². The number of alkyl halides is 2. The van der Waals surface area contributed by atoms with Gasteiger partial charge in [0.05, 0.1) is 12.3 Å². The number of carboxylic acids is 1. The van der Waals surface area contributed by atoms with Gasteiger partial charge in [-0.1, -0.05) is 0 Å². The first-order valence-corrected chi connectivity index (χ1v) is 4.90. The molecule has 0 aromatic carbocycles. The Bertz CT molecular complexity index is 360. The molecule has 1 heterocycles. The summed E-state index contributed by atoms with van der Waals surface area (Å²) >= 11 is 3.09. The minimum Gasteiger partial charge on any atom is -0.481 e. The second-order valence-electron chi connectivity index (χ2n) is 2.98. The minimum absolute atomic E-state index is 0.224. The van der Waals surface area contributed by atoms with Gasteiger partial charge in [-0.05, 0) is 27.6 Å². The first kappa shape index (κ1) is 12.0. The fourth-order valence-corrected chi connectivity index (χ4v) is 1.55. The van der Waals surface area contributed by atoms with Crippen molar-refractivity contribution in [2.45, 2.75) is 18.8 Å². The standard InChI is InChI=1S/C9H8BrF2NO2/c10-6-1-5(3-13-4-6)7(9(11)12)2-8(14)15/h1,3-4,7,9H,2H2,(H,14,15). The van der Waals surface area contributed by atoms with E-state index in [4.69, 9.17) is 5.11 Å². The van der Waals surface area contributed by atoms with Crippen molar-refractivity contribution in [1.82, 2.24) is 4.98 Å². The predicted molar refractivity (Wildman–Crippen MR) is 52.9 cm³/mol. The molecule has 0 saturated heterocycles. The molecular weight excluding hydrogens is 272 g/mol. The van der Waals surface area contributed by atoms with Crippen LogP contribution in [0.2, 0.25) is 0 Å². The highest BCUT2D eigenvalue weighted by molar-refractivity contribution is 9.10. The fourth-order valence-electron chi connectivity index (χ4n) is 1.17. The molecule has 0 saturated carbocycles. The van der Waals surface area contributed by atoms with Crippen LogP contribution in [-0.4, -0.2) is 22.5 Å². The number of rotatable bonds is 4. The van der Waals surface area contributed by atoms with Crippen molar-refractivity contribution in [3.63, 3.8) is 0 Å². The SMILES string of the molecule is O=C(O)CC(c1cncc(Br)c1)C(F)F. The Hall–Kier alpha value is -1.04. The lowest BCUT2D eigenvalue weighted by atomic mass is 9.98. The molecular formula is C9H8BrF2NO2. The van der Waals surface area contributed by atoms with Crippen molar-refractivity contribution in [2.24, 2.45) is 0 Å². The van der Waals surface area contributed by atoms with Crippen LogP contribution in [0.3, 0.4) is 0 Å². The summed E-state index contributed by atoms with van der Waals surface area (Å²) in [5.74, 6) is -2.56. The van der Waals surface area contributed by atoms with Gasteiger partial charge in [0.25, 0.3) is 0 Å². The number of halogens is 3. The summed E-state index contributed by atoms with van der Waals surface area (Å²) in [6.45, 7) is 0. The highest BCUT2D eigenvalue weighted by Gasteiger charge is 2.25. The summed E-state index contributed by atoms with van der Waals surface area (Å²) in [6, 6.07) is 1.45. The molecule has 0 aliphatic rings. The summed E-state index contributed by atoms with van der Waals surface area (Å²) in [7, 11) is 0. The van der Waals surface area contributed by atoms with E-state index in [0.29, 0.717) is 4.47 Å². The molecule has 1 atom stereocenters. The third-order valence-corrected chi connectivity index (χ3v) is 2.29. The van der Waals surface area contributed by atoms with Crippen molar-refractivity contribution in [1.29, 1.82) is 0 Å².